The summed E-state index contributed by atoms with van der Waals surface area (Å²) in [5.41, 5.74) is 0.629. The highest BCUT2D eigenvalue weighted by Gasteiger charge is 2.25. The predicted molar refractivity (Wildman–Crippen MR) is 89.8 cm³/mol. The lowest BCUT2D eigenvalue weighted by molar-refractivity contribution is 0.0615. The molecule has 0 spiro atoms. The van der Waals surface area contributed by atoms with Crippen molar-refractivity contribution in [1.82, 2.24) is 14.8 Å². The molecule has 1 saturated heterocycles. The maximum Gasteiger partial charge on any atom is 0.257 e. The molecule has 1 aliphatic rings. The number of aromatic nitrogens is 1. The zero-order valence-corrected chi connectivity index (χ0v) is 14.8. The third-order valence-electron chi connectivity index (χ3n) is 4.40. The van der Waals surface area contributed by atoms with Crippen LogP contribution in [0, 0.1) is 6.92 Å². The van der Waals surface area contributed by atoms with E-state index in [1.165, 1.54) is 0 Å². The van der Waals surface area contributed by atoms with E-state index in [2.05, 4.69) is 30.7 Å². The number of nitrogens with zero attached hydrogens (tertiary/aromatic N) is 3. The number of furan rings is 1. The molecule has 3 heterocycles. The largest absolute Gasteiger partial charge is 0.469 e. The van der Waals surface area contributed by atoms with Gasteiger partial charge >= 0.3 is 0 Å². The van der Waals surface area contributed by atoms with E-state index in [-0.39, 0.29) is 11.3 Å². The molecule has 24 heavy (non-hydrogen) atoms. The molecule has 0 saturated carbocycles. The van der Waals surface area contributed by atoms with Crippen molar-refractivity contribution in [2.45, 2.75) is 39.7 Å². The lowest BCUT2D eigenvalue weighted by Gasteiger charge is -2.34. The number of carbonyl (C=O) groups excluding carboxylic acids is 1. The number of amides is 1. The number of carbonyl (C=O) groups is 1. The van der Waals surface area contributed by atoms with Crippen LogP contribution in [0.15, 0.2) is 27.4 Å². The summed E-state index contributed by atoms with van der Waals surface area (Å²) in [4.78, 5) is 21.0. The molecule has 1 fully saturated rings. The topological polar surface area (TPSA) is 62.7 Å². The van der Waals surface area contributed by atoms with Crippen molar-refractivity contribution in [2.24, 2.45) is 0 Å². The third-order valence-corrected chi connectivity index (χ3v) is 4.40. The first-order chi connectivity index (χ1) is 11.3. The van der Waals surface area contributed by atoms with Crippen molar-refractivity contribution in [3.05, 3.63) is 41.5 Å². The third kappa shape index (κ3) is 3.53. The fourth-order valence-electron chi connectivity index (χ4n) is 2.81. The van der Waals surface area contributed by atoms with Crippen molar-refractivity contribution < 1.29 is 13.6 Å². The molecule has 6 heteroatoms. The molecule has 0 aliphatic carbocycles. The molecular weight excluding hydrogens is 306 g/mol. The summed E-state index contributed by atoms with van der Waals surface area (Å²) in [6.07, 6.45) is 3.38. The lowest BCUT2D eigenvalue weighted by atomic mass is 9.94. The Morgan fingerprint density at radius 1 is 1.25 bits per heavy atom. The molecule has 0 radical (unpaired) electrons. The first kappa shape index (κ1) is 16.8. The zero-order chi connectivity index (χ0) is 17.3. The second kappa shape index (κ2) is 6.43. The van der Waals surface area contributed by atoms with E-state index in [0.717, 1.165) is 24.7 Å². The van der Waals surface area contributed by atoms with E-state index >= 15 is 0 Å². The summed E-state index contributed by atoms with van der Waals surface area (Å²) in [6, 6.07) is 1.74. The molecule has 2 aromatic rings. The number of rotatable bonds is 3. The average Bonchev–Trinajstić information content (AvgIpc) is 3.16. The Morgan fingerprint density at radius 3 is 2.50 bits per heavy atom. The first-order valence-corrected chi connectivity index (χ1v) is 8.35. The highest BCUT2D eigenvalue weighted by atomic mass is 16.4. The number of hydrogen-bond acceptors (Lipinski definition) is 5. The number of piperazine rings is 1. The van der Waals surface area contributed by atoms with Crippen molar-refractivity contribution in [3.8, 4) is 0 Å². The van der Waals surface area contributed by atoms with Crippen LogP contribution in [0.3, 0.4) is 0 Å². The van der Waals surface area contributed by atoms with Gasteiger partial charge in [0.15, 0.2) is 0 Å². The molecule has 3 rings (SSSR count). The average molecular weight is 331 g/mol. The molecule has 1 amide bonds. The maximum atomic E-state index is 12.5. The van der Waals surface area contributed by atoms with Crippen molar-refractivity contribution in [1.29, 1.82) is 0 Å². The van der Waals surface area contributed by atoms with E-state index in [1.807, 2.05) is 18.0 Å². The van der Waals surface area contributed by atoms with Crippen LogP contribution in [0.25, 0.3) is 0 Å². The normalized spacial score (nSPS) is 16.6. The maximum absolute atomic E-state index is 12.5. The molecule has 0 unspecified atom stereocenters. The summed E-state index contributed by atoms with van der Waals surface area (Å²) >= 11 is 0. The van der Waals surface area contributed by atoms with Crippen LogP contribution in [0.4, 0.5) is 0 Å². The highest BCUT2D eigenvalue weighted by molar-refractivity contribution is 5.95. The van der Waals surface area contributed by atoms with Crippen molar-refractivity contribution in [3.63, 3.8) is 0 Å². The molecule has 1 aliphatic heterocycles. The zero-order valence-electron chi connectivity index (χ0n) is 14.8. The summed E-state index contributed by atoms with van der Waals surface area (Å²) in [5, 5.41) is 0. The minimum atomic E-state index is -0.0289. The van der Waals surface area contributed by atoms with Crippen LogP contribution in [0.2, 0.25) is 0 Å². The summed E-state index contributed by atoms with van der Waals surface area (Å²) < 4.78 is 11.1. The van der Waals surface area contributed by atoms with E-state index in [0.29, 0.717) is 31.0 Å². The van der Waals surface area contributed by atoms with E-state index in [9.17, 15) is 4.79 Å². The fraction of sp³-hybridized carbons (Fsp3) is 0.556. The Kier molecular flexibility index (Phi) is 4.49. The molecule has 0 bridgehead atoms. The highest BCUT2D eigenvalue weighted by Crippen LogP contribution is 2.23. The molecule has 2 aromatic heterocycles. The Labute approximate surface area is 142 Å². The molecule has 0 atom stereocenters. The van der Waals surface area contributed by atoms with Crippen LogP contribution in [0.1, 0.15) is 48.5 Å². The van der Waals surface area contributed by atoms with Crippen LogP contribution in [-0.2, 0) is 12.0 Å². The van der Waals surface area contributed by atoms with Gasteiger partial charge in [0.1, 0.15) is 11.5 Å². The van der Waals surface area contributed by atoms with Gasteiger partial charge in [-0.05, 0) is 13.0 Å². The van der Waals surface area contributed by atoms with Gasteiger partial charge in [-0.2, -0.15) is 0 Å². The Morgan fingerprint density at radius 2 is 1.96 bits per heavy atom. The van der Waals surface area contributed by atoms with Gasteiger partial charge in [0.25, 0.3) is 5.91 Å². The van der Waals surface area contributed by atoms with E-state index in [1.54, 1.807) is 12.3 Å². The summed E-state index contributed by atoms with van der Waals surface area (Å²) in [5.74, 6) is 2.37. The van der Waals surface area contributed by atoms with Gasteiger partial charge in [0, 0.05) is 31.6 Å². The standard InChI is InChI=1S/C18H25N3O3/c1-13-14(5-10-23-13)17(22)21-8-6-20(7-9-21)12-16-19-11-15(24-16)18(2,3)4/h5,10-11H,6-9,12H2,1-4H3. The SMILES string of the molecule is Cc1occc1C(=O)N1CCN(Cc2ncc(C(C)(C)C)o2)CC1. The quantitative estimate of drug-likeness (QED) is 0.865. The van der Waals surface area contributed by atoms with Crippen molar-refractivity contribution >= 4 is 5.91 Å². The number of hydrogen-bond donors (Lipinski definition) is 0. The Bertz CT molecular complexity index is 703. The van der Waals surface area contributed by atoms with Gasteiger partial charge in [0.2, 0.25) is 5.89 Å². The smallest absolute Gasteiger partial charge is 0.257 e. The second-order valence-corrected chi connectivity index (χ2v) is 7.33. The lowest BCUT2D eigenvalue weighted by Crippen LogP contribution is -2.48. The Hall–Kier alpha value is -2.08. The minimum absolute atomic E-state index is 0.0289. The molecule has 6 nitrogen and oxygen atoms in total. The van der Waals surface area contributed by atoms with E-state index in [4.69, 9.17) is 8.83 Å². The fourth-order valence-corrected chi connectivity index (χ4v) is 2.81. The van der Waals surface area contributed by atoms with Crippen LogP contribution >= 0.6 is 0 Å². The molecular formula is C18H25N3O3. The number of oxazole rings is 1. The molecule has 130 valence electrons. The predicted octanol–water partition coefficient (Wildman–Crippen LogP) is 2.83. The second-order valence-electron chi connectivity index (χ2n) is 7.33. The van der Waals surface area contributed by atoms with Gasteiger partial charge < -0.3 is 13.7 Å². The van der Waals surface area contributed by atoms with Gasteiger partial charge in [0.05, 0.1) is 24.6 Å². The molecule has 0 aromatic carbocycles. The number of aryl methyl sites for hydroxylation is 1. The van der Waals surface area contributed by atoms with Gasteiger partial charge in [-0.15, -0.1) is 0 Å². The summed E-state index contributed by atoms with van der Waals surface area (Å²) in [7, 11) is 0. The van der Waals surface area contributed by atoms with Crippen molar-refractivity contribution in [2.75, 3.05) is 26.2 Å². The first-order valence-electron chi connectivity index (χ1n) is 8.35. The molecule has 0 N–H and O–H groups in total. The minimum Gasteiger partial charge on any atom is -0.469 e. The van der Waals surface area contributed by atoms with Gasteiger partial charge in [-0.1, -0.05) is 20.8 Å². The van der Waals surface area contributed by atoms with Gasteiger partial charge in [-0.25, -0.2) is 4.98 Å². The monoisotopic (exact) mass is 331 g/mol. The van der Waals surface area contributed by atoms with Crippen LogP contribution in [0.5, 0.6) is 0 Å². The van der Waals surface area contributed by atoms with Gasteiger partial charge in [-0.3, -0.25) is 9.69 Å². The Balaban J connectivity index is 1.55. The van der Waals surface area contributed by atoms with E-state index < -0.39 is 0 Å². The van der Waals surface area contributed by atoms with Crippen LogP contribution in [-0.4, -0.2) is 46.9 Å². The van der Waals surface area contributed by atoms with Crippen LogP contribution < -0.4 is 0 Å². The summed E-state index contributed by atoms with van der Waals surface area (Å²) in [6.45, 7) is 11.9.